The number of nitriles is 1. The zero-order chi connectivity index (χ0) is 14.8. The number of hydrogen-bond donors (Lipinski definition) is 1. The quantitative estimate of drug-likeness (QED) is 0.812. The van der Waals surface area contributed by atoms with Crippen LogP contribution in [0.1, 0.15) is 30.3 Å². The van der Waals surface area contributed by atoms with Crippen LogP contribution in [0, 0.1) is 17.2 Å². The van der Waals surface area contributed by atoms with Gasteiger partial charge in [0.15, 0.2) is 6.61 Å². The van der Waals surface area contributed by atoms with Crippen molar-refractivity contribution >= 4 is 11.9 Å². The largest absolute Gasteiger partial charge is 0.451 e. The Morgan fingerprint density at radius 3 is 2.80 bits per heavy atom. The third kappa shape index (κ3) is 2.99. The van der Waals surface area contributed by atoms with Gasteiger partial charge in [-0.3, -0.25) is 4.79 Å². The number of carbonyl (C=O) groups is 2. The smallest absolute Gasteiger partial charge is 0.355 e. The monoisotopic (exact) mass is 275 g/mol. The molecule has 0 aliphatic heterocycles. The van der Waals surface area contributed by atoms with E-state index in [2.05, 4.69) is 11.4 Å². The number of aryl methyl sites for hydroxylation is 1. The Bertz CT molecular complexity index is 568. The number of nitrogens with one attached hydrogen (secondary N) is 1. The first kappa shape index (κ1) is 14.1. The molecule has 0 bridgehead atoms. The van der Waals surface area contributed by atoms with Crippen LogP contribution in [0.3, 0.4) is 0 Å². The molecule has 1 aliphatic carbocycles. The third-order valence-corrected chi connectivity index (χ3v) is 3.51. The molecule has 1 fully saturated rings. The Balaban J connectivity index is 1.85. The highest BCUT2D eigenvalue weighted by molar-refractivity contribution is 5.90. The predicted octanol–water partition coefficient (Wildman–Crippen LogP) is 0.990. The van der Waals surface area contributed by atoms with E-state index in [0.717, 1.165) is 12.8 Å². The van der Waals surface area contributed by atoms with Crippen molar-refractivity contribution in [3.05, 3.63) is 24.0 Å². The summed E-state index contributed by atoms with van der Waals surface area (Å²) in [5, 5.41) is 11.8. The summed E-state index contributed by atoms with van der Waals surface area (Å²) in [6, 6.07) is 5.45. The second-order valence-electron chi connectivity index (χ2n) is 5.22. The number of amides is 1. The molecule has 1 aliphatic rings. The molecule has 1 atom stereocenters. The third-order valence-electron chi connectivity index (χ3n) is 3.51. The fourth-order valence-corrected chi connectivity index (χ4v) is 2.09. The maximum Gasteiger partial charge on any atom is 0.355 e. The molecule has 6 nitrogen and oxygen atoms in total. The Morgan fingerprint density at radius 2 is 2.30 bits per heavy atom. The van der Waals surface area contributed by atoms with Crippen LogP contribution in [0.2, 0.25) is 0 Å². The summed E-state index contributed by atoms with van der Waals surface area (Å²) >= 11 is 0. The molecule has 6 heteroatoms. The first-order valence-corrected chi connectivity index (χ1v) is 6.47. The van der Waals surface area contributed by atoms with E-state index >= 15 is 0 Å². The van der Waals surface area contributed by atoms with Crippen molar-refractivity contribution in [3.63, 3.8) is 0 Å². The van der Waals surface area contributed by atoms with Gasteiger partial charge in [0.2, 0.25) is 0 Å². The van der Waals surface area contributed by atoms with E-state index in [0.29, 0.717) is 5.69 Å². The molecular weight excluding hydrogens is 258 g/mol. The predicted molar refractivity (Wildman–Crippen MR) is 70.6 cm³/mol. The minimum Gasteiger partial charge on any atom is -0.451 e. The lowest BCUT2D eigenvalue weighted by Gasteiger charge is -2.22. The van der Waals surface area contributed by atoms with Crippen LogP contribution in [-0.4, -0.2) is 28.6 Å². The first-order valence-electron chi connectivity index (χ1n) is 6.47. The molecule has 2 rings (SSSR count). The van der Waals surface area contributed by atoms with Crippen LogP contribution in [0.25, 0.3) is 0 Å². The lowest BCUT2D eigenvalue weighted by Crippen LogP contribution is -2.48. The molecule has 0 radical (unpaired) electrons. The average molecular weight is 275 g/mol. The van der Waals surface area contributed by atoms with Crippen molar-refractivity contribution in [2.45, 2.75) is 25.3 Å². The summed E-state index contributed by atoms with van der Waals surface area (Å²) in [6.45, 7) is 1.32. The molecule has 1 amide bonds. The van der Waals surface area contributed by atoms with Crippen LogP contribution in [-0.2, 0) is 16.6 Å². The highest BCUT2D eigenvalue weighted by atomic mass is 16.5. The zero-order valence-corrected chi connectivity index (χ0v) is 11.5. The number of aromatic nitrogens is 1. The summed E-state index contributed by atoms with van der Waals surface area (Å²) in [5.41, 5.74) is -0.489. The highest BCUT2D eigenvalue weighted by Gasteiger charge is 2.43. The van der Waals surface area contributed by atoms with Gasteiger partial charge in [-0.1, -0.05) is 0 Å². The van der Waals surface area contributed by atoms with Gasteiger partial charge in [0.05, 0.1) is 6.07 Å². The highest BCUT2D eigenvalue weighted by Crippen LogP contribution is 2.39. The van der Waals surface area contributed by atoms with Crippen molar-refractivity contribution in [1.29, 1.82) is 5.26 Å². The Labute approximate surface area is 117 Å². The van der Waals surface area contributed by atoms with E-state index in [1.807, 2.05) is 0 Å². The van der Waals surface area contributed by atoms with Crippen LogP contribution in [0.5, 0.6) is 0 Å². The normalized spacial score (nSPS) is 16.9. The van der Waals surface area contributed by atoms with Crippen molar-refractivity contribution in [3.8, 4) is 6.07 Å². The molecule has 20 heavy (non-hydrogen) atoms. The summed E-state index contributed by atoms with van der Waals surface area (Å²) in [5.74, 6) is -0.818. The standard InChI is InChI=1S/C14H17N3O3/c1-14(9-15,10-5-6-10)16-12(18)8-20-13(19)11-4-3-7-17(11)2/h3-4,7,10H,5-6,8H2,1-2H3,(H,16,18)/t14-/m0/s1. The van der Waals surface area contributed by atoms with Crippen LogP contribution < -0.4 is 5.32 Å². The molecule has 1 heterocycles. The minimum absolute atomic E-state index is 0.194. The van der Waals surface area contributed by atoms with Gasteiger partial charge < -0.3 is 14.6 Å². The zero-order valence-electron chi connectivity index (χ0n) is 11.5. The van der Waals surface area contributed by atoms with Crippen LogP contribution >= 0.6 is 0 Å². The minimum atomic E-state index is -0.867. The Kier molecular flexibility index (Phi) is 3.79. The summed E-state index contributed by atoms with van der Waals surface area (Å²) in [6.07, 6.45) is 3.59. The maximum absolute atomic E-state index is 11.8. The Morgan fingerprint density at radius 1 is 1.60 bits per heavy atom. The van der Waals surface area contributed by atoms with Crippen LogP contribution in [0.4, 0.5) is 0 Å². The van der Waals surface area contributed by atoms with E-state index in [1.54, 1.807) is 36.9 Å². The van der Waals surface area contributed by atoms with E-state index in [9.17, 15) is 9.59 Å². The lowest BCUT2D eigenvalue weighted by molar-refractivity contribution is -0.125. The second-order valence-corrected chi connectivity index (χ2v) is 5.22. The number of esters is 1. The molecule has 0 spiro atoms. The van der Waals surface area contributed by atoms with Crippen molar-refractivity contribution < 1.29 is 14.3 Å². The number of nitrogens with zero attached hydrogens (tertiary/aromatic N) is 2. The SMILES string of the molecule is Cn1cccc1C(=O)OCC(=O)N[C@@](C)(C#N)C1CC1. The summed E-state index contributed by atoms with van der Waals surface area (Å²) in [4.78, 5) is 23.5. The number of ether oxygens (including phenoxy) is 1. The van der Waals surface area contributed by atoms with Gasteiger partial charge in [0.1, 0.15) is 11.2 Å². The van der Waals surface area contributed by atoms with Gasteiger partial charge in [0, 0.05) is 13.2 Å². The van der Waals surface area contributed by atoms with Gasteiger partial charge in [-0.2, -0.15) is 5.26 Å². The first-order chi connectivity index (χ1) is 9.46. The van der Waals surface area contributed by atoms with Crippen molar-refractivity contribution in [2.75, 3.05) is 6.61 Å². The van der Waals surface area contributed by atoms with E-state index < -0.39 is 17.4 Å². The van der Waals surface area contributed by atoms with E-state index in [1.165, 1.54) is 0 Å². The van der Waals surface area contributed by atoms with Gasteiger partial charge >= 0.3 is 5.97 Å². The van der Waals surface area contributed by atoms with Gasteiger partial charge in [-0.25, -0.2) is 4.79 Å². The Hall–Kier alpha value is -2.29. The average Bonchev–Trinajstić information content (AvgIpc) is 3.19. The lowest BCUT2D eigenvalue weighted by atomic mass is 9.98. The molecule has 0 saturated heterocycles. The molecule has 0 aromatic carbocycles. The van der Waals surface area contributed by atoms with Gasteiger partial charge in [-0.05, 0) is 37.8 Å². The fourth-order valence-electron chi connectivity index (χ4n) is 2.09. The second kappa shape index (κ2) is 5.37. The fraction of sp³-hybridized carbons (Fsp3) is 0.500. The van der Waals surface area contributed by atoms with E-state index in [4.69, 9.17) is 10.00 Å². The molecule has 106 valence electrons. The maximum atomic E-state index is 11.8. The topological polar surface area (TPSA) is 84.1 Å². The van der Waals surface area contributed by atoms with Crippen molar-refractivity contribution in [2.24, 2.45) is 13.0 Å². The number of hydrogen-bond acceptors (Lipinski definition) is 4. The van der Waals surface area contributed by atoms with Crippen LogP contribution in [0.15, 0.2) is 18.3 Å². The summed E-state index contributed by atoms with van der Waals surface area (Å²) < 4.78 is 6.55. The van der Waals surface area contributed by atoms with Crippen molar-refractivity contribution in [1.82, 2.24) is 9.88 Å². The molecule has 1 saturated carbocycles. The number of carbonyl (C=O) groups excluding carboxylic acids is 2. The molecular formula is C14H17N3O3. The molecule has 0 unspecified atom stereocenters. The van der Waals surface area contributed by atoms with Gasteiger partial charge in [0.25, 0.3) is 5.91 Å². The van der Waals surface area contributed by atoms with E-state index in [-0.39, 0.29) is 12.5 Å². The molecule has 1 N–H and O–H groups in total. The number of rotatable bonds is 5. The van der Waals surface area contributed by atoms with Gasteiger partial charge in [-0.15, -0.1) is 0 Å². The molecule has 1 aromatic heterocycles. The summed E-state index contributed by atoms with van der Waals surface area (Å²) in [7, 11) is 1.72. The molecule has 1 aromatic rings.